The van der Waals surface area contributed by atoms with Crippen LogP contribution in [0.15, 0.2) is 59.0 Å². The molecule has 4 rings (SSSR count). The maximum Gasteiger partial charge on any atom is 0.287 e. The van der Waals surface area contributed by atoms with Gasteiger partial charge >= 0.3 is 0 Å². The number of carbonyl (C=O) groups excluding carboxylic acids is 1. The summed E-state index contributed by atoms with van der Waals surface area (Å²) < 4.78 is 11.0. The van der Waals surface area contributed by atoms with Gasteiger partial charge in [-0.1, -0.05) is 42.5 Å². The first kappa shape index (κ1) is 16.8. The number of amides is 1. The molecule has 5 nitrogen and oxygen atoms in total. The Hall–Kier alpha value is -2.63. The molecule has 1 fully saturated rings. The van der Waals surface area contributed by atoms with E-state index in [0.717, 1.165) is 49.4 Å². The summed E-state index contributed by atoms with van der Waals surface area (Å²) >= 11 is 0. The molecule has 0 bridgehead atoms. The van der Waals surface area contributed by atoms with Crippen LogP contribution in [0.25, 0.3) is 11.0 Å². The fourth-order valence-corrected chi connectivity index (χ4v) is 3.24. The molecule has 1 aromatic heterocycles. The van der Waals surface area contributed by atoms with E-state index in [1.165, 1.54) is 5.56 Å². The highest BCUT2D eigenvalue weighted by molar-refractivity contribution is 5.96. The fourth-order valence-electron chi connectivity index (χ4n) is 3.24. The molecule has 0 saturated carbocycles. The molecule has 2 aromatic carbocycles. The monoisotopic (exact) mass is 350 g/mol. The zero-order chi connectivity index (χ0) is 17.8. The van der Waals surface area contributed by atoms with Crippen molar-refractivity contribution < 1.29 is 13.9 Å². The first-order chi connectivity index (χ1) is 12.8. The predicted octanol–water partition coefficient (Wildman–Crippen LogP) is 3.20. The first-order valence-electron chi connectivity index (χ1n) is 8.93. The predicted molar refractivity (Wildman–Crippen MR) is 99.9 cm³/mol. The highest BCUT2D eigenvalue weighted by atomic mass is 16.5. The van der Waals surface area contributed by atoms with Crippen molar-refractivity contribution in [3.63, 3.8) is 0 Å². The number of fused-ring (bicyclic) bond motifs is 1. The molecule has 1 amide bonds. The Morgan fingerprint density at radius 3 is 2.54 bits per heavy atom. The van der Waals surface area contributed by atoms with Gasteiger partial charge in [0.05, 0.1) is 13.2 Å². The molecule has 26 heavy (non-hydrogen) atoms. The van der Waals surface area contributed by atoms with Gasteiger partial charge in [-0.3, -0.25) is 9.69 Å². The number of hydrogen-bond donors (Lipinski definition) is 1. The molecule has 3 aromatic rings. The van der Waals surface area contributed by atoms with Crippen molar-refractivity contribution >= 4 is 16.9 Å². The molecule has 1 aliphatic rings. The van der Waals surface area contributed by atoms with Crippen LogP contribution in [0, 0.1) is 0 Å². The summed E-state index contributed by atoms with van der Waals surface area (Å²) in [6, 6.07) is 17.6. The van der Waals surface area contributed by atoms with E-state index < -0.39 is 0 Å². The van der Waals surface area contributed by atoms with Gasteiger partial charge in [0.25, 0.3) is 5.91 Å². The van der Waals surface area contributed by atoms with Crippen molar-refractivity contribution in [3.8, 4) is 0 Å². The van der Waals surface area contributed by atoms with Crippen LogP contribution in [0.1, 0.15) is 21.7 Å². The minimum absolute atomic E-state index is 0.192. The smallest absolute Gasteiger partial charge is 0.287 e. The summed E-state index contributed by atoms with van der Waals surface area (Å²) in [6.07, 6.45) is 0. The fraction of sp³-hybridized carbons (Fsp3) is 0.286. The van der Waals surface area contributed by atoms with Gasteiger partial charge in [-0.15, -0.1) is 0 Å². The number of hydrogen-bond acceptors (Lipinski definition) is 4. The lowest BCUT2D eigenvalue weighted by Crippen LogP contribution is -2.36. The van der Waals surface area contributed by atoms with Crippen molar-refractivity contribution in [2.75, 3.05) is 26.3 Å². The van der Waals surface area contributed by atoms with E-state index in [1.54, 1.807) is 6.07 Å². The standard InChI is InChI=1S/C21H22N2O3/c24-21(20-13-16-5-3-4-8-19(16)26-20)22-14-17-6-1-2-7-18(17)15-23-9-11-25-12-10-23/h1-8,13H,9-12,14-15H2,(H,22,24). The number of benzene rings is 2. The van der Waals surface area contributed by atoms with Crippen molar-refractivity contribution in [2.24, 2.45) is 0 Å². The number of morpholine rings is 1. The molecular formula is C21H22N2O3. The normalized spacial score (nSPS) is 15.2. The summed E-state index contributed by atoms with van der Waals surface area (Å²) in [4.78, 5) is 14.8. The summed E-state index contributed by atoms with van der Waals surface area (Å²) in [5.41, 5.74) is 3.09. The summed E-state index contributed by atoms with van der Waals surface area (Å²) in [5.74, 6) is 0.152. The molecule has 0 spiro atoms. The zero-order valence-electron chi connectivity index (χ0n) is 14.6. The number of ether oxygens (including phenoxy) is 1. The summed E-state index contributed by atoms with van der Waals surface area (Å²) in [7, 11) is 0. The van der Waals surface area contributed by atoms with Gasteiger partial charge in [0, 0.05) is 31.6 Å². The maximum absolute atomic E-state index is 12.5. The second kappa shape index (κ2) is 7.72. The number of nitrogens with one attached hydrogen (secondary N) is 1. The van der Waals surface area contributed by atoms with Crippen LogP contribution in [-0.4, -0.2) is 37.1 Å². The van der Waals surface area contributed by atoms with Crippen LogP contribution >= 0.6 is 0 Å². The Balaban J connectivity index is 1.43. The van der Waals surface area contributed by atoms with Crippen molar-refractivity contribution in [2.45, 2.75) is 13.1 Å². The Bertz CT molecular complexity index is 864. The minimum Gasteiger partial charge on any atom is -0.451 e. The van der Waals surface area contributed by atoms with Crippen LogP contribution in [0.2, 0.25) is 0 Å². The van der Waals surface area contributed by atoms with Gasteiger partial charge in [0.15, 0.2) is 5.76 Å². The molecule has 1 aliphatic heterocycles. The molecule has 1 N–H and O–H groups in total. The third-order valence-electron chi connectivity index (χ3n) is 4.70. The van der Waals surface area contributed by atoms with E-state index in [2.05, 4.69) is 22.3 Å². The second-order valence-corrected chi connectivity index (χ2v) is 6.49. The van der Waals surface area contributed by atoms with Gasteiger partial charge < -0.3 is 14.5 Å². The van der Waals surface area contributed by atoms with Gasteiger partial charge in [-0.2, -0.15) is 0 Å². The molecule has 0 radical (unpaired) electrons. The number of nitrogens with zero attached hydrogens (tertiary/aromatic N) is 1. The van der Waals surface area contributed by atoms with Gasteiger partial charge in [-0.25, -0.2) is 0 Å². The second-order valence-electron chi connectivity index (χ2n) is 6.49. The average Bonchev–Trinajstić information content (AvgIpc) is 3.12. The highest BCUT2D eigenvalue weighted by Gasteiger charge is 2.15. The van der Waals surface area contributed by atoms with E-state index in [1.807, 2.05) is 36.4 Å². The van der Waals surface area contributed by atoms with Crippen molar-refractivity contribution in [3.05, 3.63) is 71.5 Å². The lowest BCUT2D eigenvalue weighted by molar-refractivity contribution is 0.0340. The van der Waals surface area contributed by atoms with E-state index in [0.29, 0.717) is 12.3 Å². The van der Waals surface area contributed by atoms with E-state index in [4.69, 9.17) is 9.15 Å². The molecule has 2 heterocycles. The quantitative estimate of drug-likeness (QED) is 0.768. The minimum atomic E-state index is -0.192. The van der Waals surface area contributed by atoms with Crippen LogP contribution in [-0.2, 0) is 17.8 Å². The lowest BCUT2D eigenvalue weighted by Gasteiger charge is -2.27. The number of para-hydroxylation sites is 1. The largest absolute Gasteiger partial charge is 0.451 e. The van der Waals surface area contributed by atoms with Crippen molar-refractivity contribution in [1.29, 1.82) is 0 Å². The molecule has 0 atom stereocenters. The Morgan fingerprint density at radius 2 is 1.73 bits per heavy atom. The number of rotatable bonds is 5. The summed E-state index contributed by atoms with van der Waals surface area (Å²) in [5, 5.41) is 3.91. The van der Waals surface area contributed by atoms with Crippen molar-refractivity contribution in [1.82, 2.24) is 10.2 Å². The first-order valence-corrected chi connectivity index (χ1v) is 8.93. The van der Waals surface area contributed by atoms with E-state index in [9.17, 15) is 4.79 Å². The molecule has 5 heteroatoms. The van der Waals surface area contributed by atoms with E-state index in [-0.39, 0.29) is 5.91 Å². The Labute approximate surface area is 152 Å². The third-order valence-corrected chi connectivity index (χ3v) is 4.70. The number of furan rings is 1. The maximum atomic E-state index is 12.5. The lowest BCUT2D eigenvalue weighted by atomic mass is 10.1. The molecule has 0 unspecified atom stereocenters. The average molecular weight is 350 g/mol. The van der Waals surface area contributed by atoms with Gasteiger partial charge in [0.1, 0.15) is 5.58 Å². The summed E-state index contributed by atoms with van der Waals surface area (Å²) in [6.45, 7) is 4.81. The van der Waals surface area contributed by atoms with Crippen LogP contribution in [0.5, 0.6) is 0 Å². The highest BCUT2D eigenvalue weighted by Crippen LogP contribution is 2.19. The molecular weight excluding hydrogens is 328 g/mol. The topological polar surface area (TPSA) is 54.7 Å². The van der Waals surface area contributed by atoms with Gasteiger partial charge in [0.2, 0.25) is 0 Å². The number of carbonyl (C=O) groups is 1. The SMILES string of the molecule is O=C(NCc1ccccc1CN1CCOCC1)c1cc2ccccc2o1. The Kier molecular flexibility index (Phi) is 5.00. The van der Waals surface area contributed by atoms with Gasteiger partial charge in [-0.05, 0) is 23.3 Å². The zero-order valence-corrected chi connectivity index (χ0v) is 14.6. The molecule has 1 saturated heterocycles. The third kappa shape index (κ3) is 3.79. The van der Waals surface area contributed by atoms with Crippen LogP contribution in [0.4, 0.5) is 0 Å². The van der Waals surface area contributed by atoms with E-state index >= 15 is 0 Å². The van der Waals surface area contributed by atoms with Crippen LogP contribution < -0.4 is 5.32 Å². The molecule has 134 valence electrons. The Morgan fingerprint density at radius 1 is 1.00 bits per heavy atom. The molecule has 0 aliphatic carbocycles. The van der Waals surface area contributed by atoms with Crippen LogP contribution in [0.3, 0.4) is 0 Å².